The minimum absolute atomic E-state index is 0.404. The van der Waals surface area contributed by atoms with Gasteiger partial charge in [0.25, 0.3) is 0 Å². The lowest BCUT2D eigenvalue weighted by molar-refractivity contribution is 0.848. The zero-order chi connectivity index (χ0) is 6.69. The fraction of sp³-hybridized carbons (Fsp3) is 0.400. The molecule has 0 N–H and O–H groups in total. The molecule has 0 aliphatic carbocycles. The van der Waals surface area contributed by atoms with E-state index in [1.54, 1.807) is 0 Å². The molecule has 3 nitrogen and oxygen atoms in total. The van der Waals surface area contributed by atoms with E-state index >= 15 is 0 Å². The van der Waals surface area contributed by atoms with E-state index in [-0.39, 0.29) is 0 Å². The summed E-state index contributed by atoms with van der Waals surface area (Å²) in [6, 6.07) is 0. The Morgan fingerprint density at radius 1 is 1.67 bits per heavy atom. The van der Waals surface area contributed by atoms with Crippen molar-refractivity contribution >= 4 is 11.6 Å². The molecule has 1 rings (SSSR count). The third-order valence-corrected chi connectivity index (χ3v) is 1.07. The molecule has 9 heavy (non-hydrogen) atoms. The van der Waals surface area contributed by atoms with Crippen molar-refractivity contribution in [3.8, 4) is 0 Å². The maximum Gasteiger partial charge on any atom is 0.152 e. The van der Waals surface area contributed by atoms with Crippen molar-refractivity contribution in [3.63, 3.8) is 0 Å². The van der Waals surface area contributed by atoms with Gasteiger partial charge in [-0.05, 0) is 0 Å². The van der Waals surface area contributed by atoms with Crippen LogP contribution in [0.5, 0.6) is 0 Å². The van der Waals surface area contributed by atoms with Crippen LogP contribution in [0.15, 0.2) is 6.20 Å². The van der Waals surface area contributed by atoms with Gasteiger partial charge in [-0.3, -0.25) is 0 Å². The van der Waals surface area contributed by atoms with Gasteiger partial charge in [0.1, 0.15) is 0 Å². The van der Waals surface area contributed by atoms with Crippen molar-refractivity contribution in [1.82, 2.24) is 15.2 Å². The summed E-state index contributed by atoms with van der Waals surface area (Å²) < 4.78 is 0. The molecule has 0 fully saturated rings. The summed E-state index contributed by atoms with van der Waals surface area (Å²) in [4.78, 5) is 3.88. The molecule has 1 aromatic rings. The predicted molar refractivity (Wildman–Crippen MR) is 34.2 cm³/mol. The van der Waals surface area contributed by atoms with Crippen molar-refractivity contribution in [2.24, 2.45) is 0 Å². The first-order valence-electron chi connectivity index (χ1n) is 2.67. The van der Waals surface area contributed by atoms with Crippen LogP contribution < -0.4 is 0 Å². The van der Waals surface area contributed by atoms with Crippen LogP contribution in [0.3, 0.4) is 0 Å². The summed E-state index contributed by atoms with van der Waals surface area (Å²) in [5.74, 6) is 0.683. The molecule has 0 radical (unpaired) electrons. The van der Waals surface area contributed by atoms with Crippen LogP contribution in [0.4, 0.5) is 0 Å². The number of hydrogen-bond donors (Lipinski definition) is 0. The summed E-state index contributed by atoms with van der Waals surface area (Å²) in [5, 5.41) is 7.73. The van der Waals surface area contributed by atoms with Crippen LogP contribution in [0.25, 0.3) is 0 Å². The summed E-state index contributed by atoms with van der Waals surface area (Å²) in [5.41, 5.74) is 0. The van der Waals surface area contributed by atoms with E-state index in [0.29, 0.717) is 11.0 Å². The highest BCUT2D eigenvalue weighted by Crippen LogP contribution is 1.99. The first-order valence-corrected chi connectivity index (χ1v) is 3.05. The molecule has 0 bridgehead atoms. The van der Waals surface area contributed by atoms with E-state index in [1.807, 2.05) is 6.92 Å². The Balaban J connectivity index is 2.94. The van der Waals surface area contributed by atoms with Crippen LogP contribution in [-0.4, -0.2) is 15.2 Å². The molecule has 0 saturated heterocycles. The number of aromatic nitrogens is 3. The van der Waals surface area contributed by atoms with Crippen molar-refractivity contribution < 1.29 is 0 Å². The molecule has 0 saturated carbocycles. The molecule has 0 amide bonds. The average Bonchev–Trinajstić information content (AvgIpc) is 1.88. The molecule has 0 spiro atoms. The topological polar surface area (TPSA) is 38.7 Å². The SMILES string of the molecule is CCc1nncc(Cl)n1. The van der Waals surface area contributed by atoms with Crippen LogP contribution in [0.1, 0.15) is 12.7 Å². The standard InChI is InChI=1S/C5H6ClN3/c1-2-5-8-4(6)3-7-9-5/h3H,2H2,1H3. The number of rotatable bonds is 1. The van der Waals surface area contributed by atoms with E-state index < -0.39 is 0 Å². The third-order valence-electron chi connectivity index (χ3n) is 0.890. The van der Waals surface area contributed by atoms with Gasteiger partial charge in [-0.15, -0.1) is 5.10 Å². The lowest BCUT2D eigenvalue weighted by atomic mass is 10.5. The number of nitrogens with zero attached hydrogens (tertiary/aromatic N) is 3. The fourth-order valence-electron chi connectivity index (χ4n) is 0.467. The van der Waals surface area contributed by atoms with Gasteiger partial charge in [0, 0.05) is 6.42 Å². The van der Waals surface area contributed by atoms with E-state index in [0.717, 1.165) is 6.42 Å². The summed E-state index contributed by atoms with van der Waals surface area (Å²) >= 11 is 5.51. The van der Waals surface area contributed by atoms with Gasteiger partial charge in [0.05, 0.1) is 6.20 Å². The summed E-state index contributed by atoms with van der Waals surface area (Å²) in [6.07, 6.45) is 2.19. The van der Waals surface area contributed by atoms with Gasteiger partial charge in [-0.2, -0.15) is 5.10 Å². The molecular weight excluding hydrogens is 138 g/mol. The van der Waals surface area contributed by atoms with Gasteiger partial charge < -0.3 is 0 Å². The molecule has 1 heterocycles. The molecule has 0 atom stereocenters. The Hall–Kier alpha value is -0.700. The minimum atomic E-state index is 0.404. The Morgan fingerprint density at radius 2 is 2.44 bits per heavy atom. The maximum atomic E-state index is 5.51. The Morgan fingerprint density at radius 3 is 2.89 bits per heavy atom. The number of aryl methyl sites for hydroxylation is 1. The first-order chi connectivity index (χ1) is 4.33. The van der Waals surface area contributed by atoms with Crippen LogP contribution in [0, 0.1) is 0 Å². The van der Waals surface area contributed by atoms with E-state index in [2.05, 4.69) is 15.2 Å². The maximum absolute atomic E-state index is 5.51. The zero-order valence-electron chi connectivity index (χ0n) is 5.00. The average molecular weight is 144 g/mol. The van der Waals surface area contributed by atoms with Crippen LogP contribution in [-0.2, 0) is 6.42 Å². The summed E-state index contributed by atoms with van der Waals surface area (Å²) in [7, 11) is 0. The van der Waals surface area contributed by atoms with Gasteiger partial charge >= 0.3 is 0 Å². The van der Waals surface area contributed by atoms with Crippen molar-refractivity contribution in [2.75, 3.05) is 0 Å². The second-order valence-electron chi connectivity index (χ2n) is 1.55. The van der Waals surface area contributed by atoms with Gasteiger partial charge in [-0.25, -0.2) is 4.98 Å². The molecule has 0 aromatic carbocycles. The lowest BCUT2D eigenvalue weighted by Gasteiger charge is -1.90. The molecule has 0 unspecified atom stereocenters. The van der Waals surface area contributed by atoms with Gasteiger partial charge in [0.2, 0.25) is 0 Å². The molecule has 48 valence electrons. The zero-order valence-corrected chi connectivity index (χ0v) is 5.76. The smallest absolute Gasteiger partial charge is 0.152 e. The number of halogens is 1. The minimum Gasteiger partial charge on any atom is -0.218 e. The highest BCUT2D eigenvalue weighted by molar-refractivity contribution is 6.29. The highest BCUT2D eigenvalue weighted by atomic mass is 35.5. The molecule has 0 aliphatic heterocycles. The summed E-state index contributed by atoms with van der Waals surface area (Å²) in [6.45, 7) is 1.95. The molecular formula is C5H6ClN3. The van der Waals surface area contributed by atoms with Crippen molar-refractivity contribution in [2.45, 2.75) is 13.3 Å². The van der Waals surface area contributed by atoms with E-state index in [1.165, 1.54) is 6.20 Å². The third kappa shape index (κ3) is 1.61. The monoisotopic (exact) mass is 143 g/mol. The molecule has 4 heteroatoms. The van der Waals surface area contributed by atoms with E-state index in [9.17, 15) is 0 Å². The van der Waals surface area contributed by atoms with Crippen molar-refractivity contribution in [3.05, 3.63) is 17.2 Å². The Kier molecular flexibility index (Phi) is 1.95. The van der Waals surface area contributed by atoms with Gasteiger partial charge in [0.15, 0.2) is 11.0 Å². The largest absolute Gasteiger partial charge is 0.218 e. The van der Waals surface area contributed by atoms with E-state index in [4.69, 9.17) is 11.6 Å². The van der Waals surface area contributed by atoms with Gasteiger partial charge in [-0.1, -0.05) is 18.5 Å². The molecule has 1 aromatic heterocycles. The second kappa shape index (κ2) is 2.73. The first kappa shape index (κ1) is 6.42. The van der Waals surface area contributed by atoms with Crippen LogP contribution >= 0.6 is 11.6 Å². The number of hydrogen-bond acceptors (Lipinski definition) is 3. The molecule has 0 aliphatic rings. The van der Waals surface area contributed by atoms with Crippen molar-refractivity contribution in [1.29, 1.82) is 0 Å². The quantitative estimate of drug-likeness (QED) is 0.591. The highest BCUT2D eigenvalue weighted by Gasteiger charge is 1.92. The fourth-order valence-corrected chi connectivity index (χ4v) is 0.609. The predicted octanol–water partition coefficient (Wildman–Crippen LogP) is 1.09. The second-order valence-corrected chi connectivity index (χ2v) is 1.94. The Labute approximate surface area is 58.1 Å². The van der Waals surface area contributed by atoms with Crippen LogP contribution in [0.2, 0.25) is 5.15 Å². The lowest BCUT2D eigenvalue weighted by Crippen LogP contribution is -1.93. The normalized spacial score (nSPS) is 9.56. The Bertz CT molecular complexity index is 201.